The molecule has 1 unspecified atom stereocenters. The van der Waals surface area contributed by atoms with E-state index in [0.29, 0.717) is 17.7 Å². The Morgan fingerprint density at radius 3 is 2.47 bits per heavy atom. The van der Waals surface area contributed by atoms with Gasteiger partial charge in [0.05, 0.1) is 5.56 Å². The molecule has 0 aliphatic rings. The number of aryl methyl sites for hydroxylation is 1. The van der Waals surface area contributed by atoms with Crippen molar-refractivity contribution in [3.63, 3.8) is 0 Å². The Hall–Kier alpha value is -1.36. The van der Waals surface area contributed by atoms with Crippen LogP contribution in [0.1, 0.15) is 34.8 Å². The molecular formula is C14H17F3O2. The lowest BCUT2D eigenvalue weighted by Crippen LogP contribution is -2.13. The number of alkyl halides is 3. The first kappa shape index (κ1) is 15.7. The molecule has 1 rings (SSSR count). The zero-order valence-electron chi connectivity index (χ0n) is 11.2. The summed E-state index contributed by atoms with van der Waals surface area (Å²) in [4.78, 5) is 12.0. The van der Waals surface area contributed by atoms with E-state index in [-0.39, 0.29) is 18.1 Å². The van der Waals surface area contributed by atoms with E-state index in [9.17, 15) is 18.0 Å². The summed E-state index contributed by atoms with van der Waals surface area (Å²) >= 11 is 0. The molecule has 0 spiro atoms. The van der Waals surface area contributed by atoms with Gasteiger partial charge in [-0.1, -0.05) is 13.0 Å². The van der Waals surface area contributed by atoms with Crippen LogP contribution in [-0.4, -0.2) is 19.5 Å². The monoisotopic (exact) mass is 274 g/mol. The second-order valence-electron chi connectivity index (χ2n) is 4.72. The normalized spacial score (nSPS) is 13.4. The summed E-state index contributed by atoms with van der Waals surface area (Å²) in [7, 11) is 1.55. The third kappa shape index (κ3) is 4.35. The molecule has 1 aromatic rings. The van der Waals surface area contributed by atoms with Gasteiger partial charge in [-0.15, -0.1) is 0 Å². The van der Waals surface area contributed by atoms with Crippen LogP contribution in [0.3, 0.4) is 0 Å². The smallest absolute Gasteiger partial charge is 0.384 e. The molecule has 0 radical (unpaired) electrons. The summed E-state index contributed by atoms with van der Waals surface area (Å²) in [5.74, 6) is -0.116. The van der Waals surface area contributed by atoms with Crippen LogP contribution in [-0.2, 0) is 10.9 Å². The van der Waals surface area contributed by atoms with E-state index in [4.69, 9.17) is 4.74 Å². The zero-order valence-corrected chi connectivity index (χ0v) is 11.2. The number of hydrogen-bond donors (Lipinski definition) is 0. The number of halogens is 3. The summed E-state index contributed by atoms with van der Waals surface area (Å²) in [6.45, 7) is 3.83. The summed E-state index contributed by atoms with van der Waals surface area (Å²) < 4.78 is 42.5. The molecule has 2 nitrogen and oxygen atoms in total. The molecule has 0 saturated carbocycles. The summed E-state index contributed by atoms with van der Waals surface area (Å²) in [6, 6.07) is 3.20. The number of carbonyl (C=O) groups excluding carboxylic acids is 1. The Morgan fingerprint density at radius 1 is 1.37 bits per heavy atom. The Kier molecular flexibility index (Phi) is 5.11. The lowest BCUT2D eigenvalue weighted by Gasteiger charge is -2.12. The molecule has 0 saturated heterocycles. The van der Waals surface area contributed by atoms with Crippen LogP contribution in [0.4, 0.5) is 13.2 Å². The van der Waals surface area contributed by atoms with Crippen LogP contribution in [0.15, 0.2) is 18.2 Å². The minimum Gasteiger partial charge on any atom is -0.384 e. The number of carbonyl (C=O) groups is 1. The van der Waals surface area contributed by atoms with Gasteiger partial charge in [-0.3, -0.25) is 4.79 Å². The molecule has 106 valence electrons. The molecular weight excluding hydrogens is 257 g/mol. The largest absolute Gasteiger partial charge is 0.416 e. The van der Waals surface area contributed by atoms with Crippen molar-refractivity contribution in [2.45, 2.75) is 26.4 Å². The first-order valence-electron chi connectivity index (χ1n) is 5.95. The Morgan fingerprint density at radius 2 is 2.00 bits per heavy atom. The van der Waals surface area contributed by atoms with Crippen LogP contribution in [0.25, 0.3) is 0 Å². The molecule has 1 aromatic carbocycles. The van der Waals surface area contributed by atoms with Crippen molar-refractivity contribution in [2.75, 3.05) is 13.7 Å². The van der Waals surface area contributed by atoms with E-state index in [2.05, 4.69) is 0 Å². The fraction of sp³-hybridized carbons (Fsp3) is 0.500. The van der Waals surface area contributed by atoms with Gasteiger partial charge in [0.25, 0.3) is 0 Å². The van der Waals surface area contributed by atoms with Gasteiger partial charge < -0.3 is 4.74 Å². The number of rotatable bonds is 5. The van der Waals surface area contributed by atoms with Crippen molar-refractivity contribution in [1.29, 1.82) is 0 Å². The number of methoxy groups -OCH3 is 1. The van der Waals surface area contributed by atoms with E-state index in [1.54, 1.807) is 7.11 Å². The maximum absolute atomic E-state index is 12.5. The lowest BCUT2D eigenvalue weighted by molar-refractivity contribution is -0.137. The highest BCUT2D eigenvalue weighted by Gasteiger charge is 2.31. The molecule has 0 aliphatic heterocycles. The number of ketones is 1. The van der Waals surface area contributed by atoms with Gasteiger partial charge in [-0.2, -0.15) is 13.2 Å². The van der Waals surface area contributed by atoms with Crippen molar-refractivity contribution in [2.24, 2.45) is 5.92 Å². The Balaban J connectivity index is 2.88. The van der Waals surface area contributed by atoms with E-state index in [0.717, 1.165) is 12.1 Å². The van der Waals surface area contributed by atoms with Crippen LogP contribution >= 0.6 is 0 Å². The molecule has 0 bridgehead atoms. The van der Waals surface area contributed by atoms with Gasteiger partial charge in [0, 0.05) is 25.7 Å². The van der Waals surface area contributed by atoms with Crippen molar-refractivity contribution in [1.82, 2.24) is 0 Å². The molecule has 0 amide bonds. The summed E-state index contributed by atoms with van der Waals surface area (Å²) in [5.41, 5.74) is -0.0353. The highest BCUT2D eigenvalue weighted by molar-refractivity contribution is 5.97. The second kappa shape index (κ2) is 6.19. The number of ether oxygens (including phenoxy) is 1. The molecule has 0 heterocycles. The topological polar surface area (TPSA) is 26.3 Å². The lowest BCUT2D eigenvalue weighted by atomic mass is 9.96. The van der Waals surface area contributed by atoms with E-state index < -0.39 is 11.7 Å². The molecule has 0 N–H and O–H groups in total. The number of Topliss-reactive ketones (excluding diaryl/α,β-unsaturated/α-hetero) is 1. The number of hydrogen-bond acceptors (Lipinski definition) is 2. The third-order valence-corrected chi connectivity index (χ3v) is 2.84. The molecule has 1 atom stereocenters. The van der Waals surface area contributed by atoms with Crippen LogP contribution in [0.5, 0.6) is 0 Å². The Bertz CT molecular complexity index is 452. The van der Waals surface area contributed by atoms with E-state index in [1.807, 2.05) is 6.92 Å². The second-order valence-corrected chi connectivity index (χ2v) is 4.72. The van der Waals surface area contributed by atoms with Gasteiger partial charge in [-0.25, -0.2) is 0 Å². The number of benzene rings is 1. The van der Waals surface area contributed by atoms with Gasteiger partial charge >= 0.3 is 6.18 Å². The van der Waals surface area contributed by atoms with Gasteiger partial charge in [0.15, 0.2) is 5.78 Å². The highest BCUT2D eigenvalue weighted by Crippen LogP contribution is 2.30. The molecule has 0 aliphatic carbocycles. The van der Waals surface area contributed by atoms with E-state index in [1.165, 1.54) is 13.0 Å². The molecule has 5 heteroatoms. The maximum atomic E-state index is 12.5. The Labute approximate surface area is 110 Å². The fourth-order valence-corrected chi connectivity index (χ4v) is 1.92. The van der Waals surface area contributed by atoms with Crippen molar-refractivity contribution in [3.8, 4) is 0 Å². The quantitative estimate of drug-likeness (QED) is 0.762. The van der Waals surface area contributed by atoms with Crippen LogP contribution in [0, 0.1) is 12.8 Å². The minimum atomic E-state index is -4.38. The summed E-state index contributed by atoms with van der Waals surface area (Å²) in [5, 5.41) is 0. The molecule has 0 aromatic heterocycles. The summed E-state index contributed by atoms with van der Waals surface area (Å²) in [6.07, 6.45) is -4.12. The van der Waals surface area contributed by atoms with Gasteiger partial charge in [0.2, 0.25) is 0 Å². The van der Waals surface area contributed by atoms with Crippen LogP contribution in [0.2, 0.25) is 0 Å². The predicted octanol–water partition coefficient (Wildman–Crippen LogP) is 3.87. The standard InChI is InChI=1S/C14H17F3O2/c1-9(8-19-3)6-13(18)12-5-4-11(7-10(12)2)14(15,16)17/h4-5,7,9H,6,8H2,1-3H3. The van der Waals surface area contributed by atoms with Crippen molar-refractivity contribution >= 4 is 5.78 Å². The minimum absolute atomic E-state index is 0.0409. The van der Waals surface area contributed by atoms with E-state index >= 15 is 0 Å². The maximum Gasteiger partial charge on any atom is 0.416 e. The van der Waals surface area contributed by atoms with Gasteiger partial charge in [-0.05, 0) is 30.5 Å². The van der Waals surface area contributed by atoms with Crippen molar-refractivity contribution < 1.29 is 22.7 Å². The fourth-order valence-electron chi connectivity index (χ4n) is 1.92. The van der Waals surface area contributed by atoms with Crippen molar-refractivity contribution in [3.05, 3.63) is 34.9 Å². The predicted molar refractivity (Wildman–Crippen MR) is 66.2 cm³/mol. The average molecular weight is 274 g/mol. The first-order valence-corrected chi connectivity index (χ1v) is 5.95. The van der Waals surface area contributed by atoms with Gasteiger partial charge in [0.1, 0.15) is 0 Å². The zero-order chi connectivity index (χ0) is 14.6. The molecule has 0 fully saturated rings. The highest BCUT2D eigenvalue weighted by atomic mass is 19.4. The average Bonchev–Trinajstić information content (AvgIpc) is 2.27. The third-order valence-electron chi connectivity index (χ3n) is 2.84. The molecule has 19 heavy (non-hydrogen) atoms. The first-order chi connectivity index (χ1) is 8.75. The van der Waals surface area contributed by atoms with Crippen LogP contribution < -0.4 is 0 Å². The SMILES string of the molecule is COCC(C)CC(=O)c1ccc(C(F)(F)F)cc1C.